The molecular weight excluding hydrogens is 208 g/mol. The average Bonchev–Trinajstić information content (AvgIpc) is 2.39. The second-order valence-corrected chi connectivity index (χ2v) is 7.35. The van der Waals surface area contributed by atoms with E-state index in [1.807, 2.05) is 0 Å². The average molecular weight is 238 g/mol. The maximum absolute atomic E-state index is 3.71. The Labute approximate surface area is 107 Å². The van der Waals surface area contributed by atoms with Crippen molar-refractivity contribution < 1.29 is 0 Å². The summed E-state index contributed by atoms with van der Waals surface area (Å²) in [5.41, 5.74) is 0.440. The smallest absolute Gasteiger partial charge is 0.0225 e. The molecule has 1 heterocycles. The van der Waals surface area contributed by atoms with Gasteiger partial charge in [0.2, 0.25) is 0 Å². The summed E-state index contributed by atoms with van der Waals surface area (Å²) in [7, 11) is 2.37. The van der Waals surface area contributed by atoms with Gasteiger partial charge in [-0.15, -0.1) is 0 Å². The van der Waals surface area contributed by atoms with Gasteiger partial charge in [0.25, 0.3) is 0 Å². The Morgan fingerprint density at radius 3 is 2.53 bits per heavy atom. The van der Waals surface area contributed by atoms with Gasteiger partial charge in [-0.05, 0) is 44.2 Å². The van der Waals surface area contributed by atoms with Crippen molar-refractivity contribution in [2.24, 2.45) is 11.3 Å². The molecular formula is C15H30N2. The molecule has 1 aliphatic heterocycles. The van der Waals surface area contributed by atoms with Crippen LogP contribution < -0.4 is 5.32 Å². The topological polar surface area (TPSA) is 15.3 Å². The number of nitrogens with one attached hydrogen (secondary N) is 1. The van der Waals surface area contributed by atoms with E-state index >= 15 is 0 Å². The highest BCUT2D eigenvalue weighted by molar-refractivity contribution is 4.91. The molecule has 3 unspecified atom stereocenters. The summed E-state index contributed by atoms with van der Waals surface area (Å²) >= 11 is 0. The summed E-state index contributed by atoms with van der Waals surface area (Å²) < 4.78 is 0. The summed E-state index contributed by atoms with van der Waals surface area (Å²) in [6.07, 6.45) is 7.04. The molecule has 0 radical (unpaired) electrons. The fourth-order valence-corrected chi connectivity index (χ4v) is 3.74. The summed E-state index contributed by atoms with van der Waals surface area (Å²) in [5.74, 6) is 0.902. The molecule has 0 aromatic rings. The highest BCUT2D eigenvalue weighted by atomic mass is 15.2. The summed E-state index contributed by atoms with van der Waals surface area (Å²) in [6, 6.07) is 1.56. The molecule has 17 heavy (non-hydrogen) atoms. The Hall–Kier alpha value is -0.0800. The molecule has 0 spiro atoms. The first-order chi connectivity index (χ1) is 7.97. The molecule has 2 heteroatoms. The summed E-state index contributed by atoms with van der Waals surface area (Å²) in [4.78, 5) is 2.70. The van der Waals surface area contributed by atoms with Crippen molar-refractivity contribution in [3.8, 4) is 0 Å². The van der Waals surface area contributed by atoms with E-state index in [0.717, 1.165) is 18.0 Å². The van der Waals surface area contributed by atoms with Crippen LogP contribution in [-0.4, -0.2) is 37.1 Å². The zero-order valence-corrected chi connectivity index (χ0v) is 12.1. The lowest BCUT2D eigenvalue weighted by atomic mass is 9.82. The van der Waals surface area contributed by atoms with Crippen molar-refractivity contribution in [3.63, 3.8) is 0 Å². The molecule has 0 bridgehead atoms. The van der Waals surface area contributed by atoms with Crippen molar-refractivity contribution in [3.05, 3.63) is 0 Å². The van der Waals surface area contributed by atoms with Gasteiger partial charge in [-0.1, -0.05) is 33.6 Å². The number of fused-ring (bicyclic) bond motifs is 1. The van der Waals surface area contributed by atoms with E-state index in [-0.39, 0.29) is 0 Å². The first-order valence-electron chi connectivity index (χ1n) is 7.40. The van der Waals surface area contributed by atoms with Crippen molar-refractivity contribution in [1.82, 2.24) is 10.2 Å². The van der Waals surface area contributed by atoms with Crippen LogP contribution in [0, 0.1) is 11.3 Å². The van der Waals surface area contributed by atoms with Crippen molar-refractivity contribution >= 4 is 0 Å². The van der Waals surface area contributed by atoms with Gasteiger partial charge in [-0.3, -0.25) is 4.90 Å². The van der Waals surface area contributed by atoms with Crippen molar-refractivity contribution in [2.45, 2.75) is 65.0 Å². The molecule has 100 valence electrons. The van der Waals surface area contributed by atoms with E-state index in [1.165, 1.54) is 45.2 Å². The number of hydrogen-bond donors (Lipinski definition) is 1. The molecule has 2 fully saturated rings. The third-order valence-electron chi connectivity index (χ3n) is 4.60. The fourth-order valence-electron chi connectivity index (χ4n) is 3.74. The monoisotopic (exact) mass is 238 g/mol. The third-order valence-corrected chi connectivity index (χ3v) is 4.60. The number of likely N-dealkylation sites (N-methyl/N-ethyl adjacent to an activating group) is 1. The van der Waals surface area contributed by atoms with Gasteiger partial charge in [-0.25, -0.2) is 0 Å². The minimum absolute atomic E-state index is 0.440. The van der Waals surface area contributed by atoms with Gasteiger partial charge in [-0.2, -0.15) is 0 Å². The van der Waals surface area contributed by atoms with E-state index in [0.29, 0.717) is 5.41 Å². The van der Waals surface area contributed by atoms with Crippen LogP contribution in [0.15, 0.2) is 0 Å². The fraction of sp³-hybridized carbons (Fsp3) is 1.00. The van der Waals surface area contributed by atoms with E-state index in [4.69, 9.17) is 0 Å². The van der Waals surface area contributed by atoms with Crippen LogP contribution in [0.25, 0.3) is 0 Å². The third kappa shape index (κ3) is 3.45. The van der Waals surface area contributed by atoms with Crippen molar-refractivity contribution in [2.75, 3.05) is 20.1 Å². The van der Waals surface area contributed by atoms with Crippen LogP contribution in [0.4, 0.5) is 0 Å². The van der Waals surface area contributed by atoms with E-state index in [2.05, 4.69) is 38.0 Å². The number of nitrogens with zero attached hydrogens (tertiary/aromatic N) is 1. The van der Waals surface area contributed by atoms with E-state index in [9.17, 15) is 0 Å². The summed E-state index contributed by atoms with van der Waals surface area (Å²) in [5, 5.41) is 3.71. The number of hydrogen-bond acceptors (Lipinski definition) is 2. The maximum atomic E-state index is 3.71. The predicted octanol–water partition coefficient (Wildman–Crippen LogP) is 2.89. The molecule has 0 amide bonds. The van der Waals surface area contributed by atoms with Crippen molar-refractivity contribution in [1.29, 1.82) is 0 Å². The first kappa shape index (κ1) is 13.4. The van der Waals surface area contributed by atoms with Crippen LogP contribution in [0.2, 0.25) is 0 Å². The molecule has 0 aromatic heterocycles. The quantitative estimate of drug-likeness (QED) is 0.755. The highest BCUT2D eigenvalue weighted by Crippen LogP contribution is 2.32. The number of rotatable bonds is 1. The molecule has 1 saturated heterocycles. The molecule has 2 rings (SSSR count). The highest BCUT2D eigenvalue weighted by Gasteiger charge is 2.35. The standard InChI is InChI=1S/C15H30N2/c1-15(2,3)9-13-11-16-10-12-7-5-6-8-14(12)17(13)4/h12-14,16H,5-11H2,1-4H3. The Kier molecular flexibility index (Phi) is 4.14. The Morgan fingerprint density at radius 1 is 1.12 bits per heavy atom. The normalized spacial score (nSPS) is 36.4. The second kappa shape index (κ2) is 5.27. The van der Waals surface area contributed by atoms with Gasteiger partial charge in [0.05, 0.1) is 0 Å². The lowest BCUT2D eigenvalue weighted by molar-refractivity contribution is 0.0909. The first-order valence-corrected chi connectivity index (χ1v) is 7.40. The van der Waals surface area contributed by atoms with Gasteiger partial charge in [0, 0.05) is 18.6 Å². The Morgan fingerprint density at radius 2 is 1.82 bits per heavy atom. The molecule has 0 aromatic carbocycles. The lowest BCUT2D eigenvalue weighted by Crippen LogP contribution is -2.46. The van der Waals surface area contributed by atoms with Crippen LogP contribution in [0.3, 0.4) is 0 Å². The molecule has 1 saturated carbocycles. The minimum Gasteiger partial charge on any atom is -0.315 e. The van der Waals surface area contributed by atoms with Gasteiger partial charge in [0.1, 0.15) is 0 Å². The van der Waals surface area contributed by atoms with Crippen LogP contribution in [-0.2, 0) is 0 Å². The van der Waals surface area contributed by atoms with Crippen LogP contribution in [0.5, 0.6) is 0 Å². The Balaban J connectivity index is 2.03. The lowest BCUT2D eigenvalue weighted by Gasteiger charge is -2.40. The van der Waals surface area contributed by atoms with Crippen LogP contribution >= 0.6 is 0 Å². The Bertz CT molecular complexity index is 244. The van der Waals surface area contributed by atoms with E-state index in [1.54, 1.807) is 0 Å². The maximum Gasteiger partial charge on any atom is 0.0225 e. The minimum atomic E-state index is 0.440. The largest absolute Gasteiger partial charge is 0.315 e. The molecule has 1 N–H and O–H groups in total. The predicted molar refractivity (Wildman–Crippen MR) is 74.2 cm³/mol. The molecule has 3 atom stereocenters. The van der Waals surface area contributed by atoms with Gasteiger partial charge in [0.15, 0.2) is 0 Å². The molecule has 2 aliphatic rings. The summed E-state index contributed by atoms with van der Waals surface area (Å²) in [6.45, 7) is 9.52. The van der Waals surface area contributed by atoms with Gasteiger partial charge >= 0.3 is 0 Å². The van der Waals surface area contributed by atoms with Crippen LogP contribution in [0.1, 0.15) is 52.9 Å². The zero-order chi connectivity index (χ0) is 12.5. The molecule has 2 nitrogen and oxygen atoms in total. The van der Waals surface area contributed by atoms with E-state index < -0.39 is 0 Å². The second-order valence-electron chi connectivity index (χ2n) is 7.35. The zero-order valence-electron chi connectivity index (χ0n) is 12.1. The van der Waals surface area contributed by atoms with Gasteiger partial charge < -0.3 is 5.32 Å². The molecule has 1 aliphatic carbocycles. The SMILES string of the molecule is CN1C(CC(C)(C)C)CNCC2CCCCC21.